The molecule has 0 saturated carbocycles. The Labute approximate surface area is 152 Å². The van der Waals surface area contributed by atoms with Crippen molar-refractivity contribution in [3.8, 4) is 0 Å². The summed E-state index contributed by atoms with van der Waals surface area (Å²) in [6.45, 7) is 1.41. The lowest BCUT2D eigenvalue weighted by Gasteiger charge is -2.16. The first kappa shape index (κ1) is 16.4. The molecule has 1 N–H and O–H groups in total. The minimum absolute atomic E-state index is 0.0206. The molecule has 5 heteroatoms. The summed E-state index contributed by atoms with van der Waals surface area (Å²) < 4.78 is 2.09. The van der Waals surface area contributed by atoms with Gasteiger partial charge in [-0.15, -0.1) is 0 Å². The lowest BCUT2D eigenvalue weighted by molar-refractivity contribution is -0.117. The third-order valence-corrected chi connectivity index (χ3v) is 4.80. The van der Waals surface area contributed by atoms with Gasteiger partial charge in [0.05, 0.1) is 0 Å². The van der Waals surface area contributed by atoms with Crippen molar-refractivity contribution < 1.29 is 9.59 Å². The van der Waals surface area contributed by atoms with Crippen LogP contribution in [0.25, 0.3) is 10.9 Å². The van der Waals surface area contributed by atoms with Crippen molar-refractivity contribution in [1.29, 1.82) is 0 Å². The molecule has 2 aromatic carbocycles. The SMILES string of the molecule is O=C(CCn1ccc2ccccc21)Nc1ccc(N2CCCC2=O)cc1. The number of fused-ring (bicyclic) bond motifs is 1. The summed E-state index contributed by atoms with van der Waals surface area (Å²) in [6.07, 6.45) is 3.95. The Morgan fingerprint density at radius 3 is 2.62 bits per heavy atom. The minimum Gasteiger partial charge on any atom is -0.347 e. The molecule has 1 aliphatic rings. The molecule has 3 aromatic rings. The van der Waals surface area contributed by atoms with Crippen LogP contribution >= 0.6 is 0 Å². The number of aryl methyl sites for hydroxylation is 1. The molecule has 0 unspecified atom stereocenters. The van der Waals surface area contributed by atoms with Crippen molar-refractivity contribution >= 4 is 34.1 Å². The normalized spacial score (nSPS) is 14.2. The topological polar surface area (TPSA) is 54.3 Å². The number of benzene rings is 2. The van der Waals surface area contributed by atoms with Gasteiger partial charge in [0, 0.05) is 49.0 Å². The summed E-state index contributed by atoms with van der Waals surface area (Å²) in [4.78, 5) is 25.8. The Morgan fingerprint density at radius 1 is 1.04 bits per heavy atom. The van der Waals surface area contributed by atoms with E-state index in [1.807, 2.05) is 42.6 Å². The van der Waals surface area contributed by atoms with Gasteiger partial charge < -0.3 is 14.8 Å². The second kappa shape index (κ2) is 7.04. The molecule has 26 heavy (non-hydrogen) atoms. The van der Waals surface area contributed by atoms with E-state index in [0.29, 0.717) is 19.4 Å². The molecule has 5 nitrogen and oxygen atoms in total. The number of amides is 2. The quantitative estimate of drug-likeness (QED) is 0.763. The van der Waals surface area contributed by atoms with E-state index in [-0.39, 0.29) is 11.8 Å². The fraction of sp³-hybridized carbons (Fsp3) is 0.238. The van der Waals surface area contributed by atoms with E-state index in [2.05, 4.69) is 28.1 Å². The first-order valence-corrected chi connectivity index (χ1v) is 8.95. The molecule has 1 aliphatic heterocycles. The summed E-state index contributed by atoms with van der Waals surface area (Å²) in [5.41, 5.74) is 2.78. The van der Waals surface area contributed by atoms with Crippen molar-refractivity contribution in [2.45, 2.75) is 25.8 Å². The predicted molar refractivity (Wildman–Crippen MR) is 103 cm³/mol. The second-order valence-electron chi connectivity index (χ2n) is 6.56. The van der Waals surface area contributed by atoms with Crippen molar-refractivity contribution in [2.24, 2.45) is 0 Å². The Kier molecular flexibility index (Phi) is 4.44. The molecular weight excluding hydrogens is 326 g/mol. The molecule has 1 fully saturated rings. The van der Waals surface area contributed by atoms with Crippen LogP contribution in [0.1, 0.15) is 19.3 Å². The van der Waals surface area contributed by atoms with E-state index >= 15 is 0 Å². The number of para-hydroxylation sites is 1. The van der Waals surface area contributed by atoms with Gasteiger partial charge in [0.15, 0.2) is 0 Å². The number of rotatable bonds is 5. The number of nitrogens with one attached hydrogen (secondary N) is 1. The summed E-state index contributed by atoms with van der Waals surface area (Å²) in [6, 6.07) is 17.7. The van der Waals surface area contributed by atoms with Gasteiger partial charge in [0.25, 0.3) is 0 Å². The van der Waals surface area contributed by atoms with Crippen molar-refractivity contribution in [1.82, 2.24) is 4.57 Å². The van der Waals surface area contributed by atoms with Crippen molar-refractivity contribution in [2.75, 3.05) is 16.8 Å². The molecule has 4 rings (SSSR count). The Balaban J connectivity index is 1.35. The lowest BCUT2D eigenvalue weighted by atomic mass is 10.2. The zero-order valence-corrected chi connectivity index (χ0v) is 14.5. The van der Waals surface area contributed by atoms with E-state index in [1.54, 1.807) is 4.90 Å². The zero-order chi connectivity index (χ0) is 17.9. The average molecular weight is 347 g/mol. The number of carbonyl (C=O) groups excluding carboxylic acids is 2. The van der Waals surface area contributed by atoms with Gasteiger partial charge >= 0.3 is 0 Å². The van der Waals surface area contributed by atoms with Gasteiger partial charge in [-0.3, -0.25) is 9.59 Å². The first-order valence-electron chi connectivity index (χ1n) is 8.95. The van der Waals surface area contributed by atoms with Crippen LogP contribution in [0.2, 0.25) is 0 Å². The van der Waals surface area contributed by atoms with Gasteiger partial charge in [-0.2, -0.15) is 0 Å². The highest BCUT2D eigenvalue weighted by Gasteiger charge is 2.21. The summed E-state index contributed by atoms with van der Waals surface area (Å²) in [7, 11) is 0. The van der Waals surface area contributed by atoms with Gasteiger partial charge in [-0.1, -0.05) is 18.2 Å². The van der Waals surface area contributed by atoms with Crippen molar-refractivity contribution in [3.05, 3.63) is 60.8 Å². The number of nitrogens with zero attached hydrogens (tertiary/aromatic N) is 2. The van der Waals surface area contributed by atoms with Crippen molar-refractivity contribution in [3.63, 3.8) is 0 Å². The Hall–Kier alpha value is -3.08. The largest absolute Gasteiger partial charge is 0.347 e. The molecule has 1 saturated heterocycles. The Morgan fingerprint density at radius 2 is 1.85 bits per heavy atom. The maximum atomic E-state index is 12.2. The van der Waals surface area contributed by atoms with Gasteiger partial charge in [0.2, 0.25) is 11.8 Å². The van der Waals surface area contributed by atoms with Crippen LogP contribution < -0.4 is 10.2 Å². The van der Waals surface area contributed by atoms with Crippen LogP contribution in [0.15, 0.2) is 60.8 Å². The molecule has 2 heterocycles. The fourth-order valence-corrected chi connectivity index (χ4v) is 3.43. The number of anilines is 2. The van der Waals surface area contributed by atoms with Gasteiger partial charge in [-0.25, -0.2) is 0 Å². The maximum Gasteiger partial charge on any atom is 0.227 e. The lowest BCUT2D eigenvalue weighted by Crippen LogP contribution is -2.23. The minimum atomic E-state index is -0.0206. The monoisotopic (exact) mass is 347 g/mol. The molecule has 1 aromatic heterocycles. The maximum absolute atomic E-state index is 12.2. The number of aromatic nitrogens is 1. The molecule has 2 amide bonds. The molecule has 132 valence electrons. The molecule has 0 radical (unpaired) electrons. The number of hydrogen-bond acceptors (Lipinski definition) is 2. The first-order chi connectivity index (χ1) is 12.7. The highest BCUT2D eigenvalue weighted by molar-refractivity contribution is 5.96. The van der Waals surface area contributed by atoms with Crippen LogP contribution in [0.5, 0.6) is 0 Å². The third-order valence-electron chi connectivity index (χ3n) is 4.80. The standard InChI is InChI=1S/C21H21N3O2/c25-20(12-15-23-14-11-16-4-1-2-5-19(16)23)22-17-7-9-18(10-8-17)24-13-3-6-21(24)26/h1-2,4-5,7-11,14H,3,6,12-13,15H2,(H,22,25). The van der Waals surface area contributed by atoms with E-state index in [4.69, 9.17) is 0 Å². The molecule has 0 spiro atoms. The van der Waals surface area contributed by atoms with E-state index in [1.165, 1.54) is 5.39 Å². The fourth-order valence-electron chi connectivity index (χ4n) is 3.43. The zero-order valence-electron chi connectivity index (χ0n) is 14.5. The molecule has 0 aliphatic carbocycles. The van der Waals surface area contributed by atoms with Crippen LogP contribution in [0, 0.1) is 0 Å². The third kappa shape index (κ3) is 3.33. The van der Waals surface area contributed by atoms with Gasteiger partial charge in [-0.05, 0) is 48.2 Å². The van der Waals surface area contributed by atoms with Crippen LogP contribution in [-0.2, 0) is 16.1 Å². The number of hydrogen-bond donors (Lipinski definition) is 1. The van der Waals surface area contributed by atoms with E-state index in [9.17, 15) is 9.59 Å². The van der Waals surface area contributed by atoms with E-state index in [0.717, 1.165) is 29.9 Å². The van der Waals surface area contributed by atoms with Crippen LogP contribution in [-0.4, -0.2) is 22.9 Å². The van der Waals surface area contributed by atoms with Crippen LogP contribution in [0.4, 0.5) is 11.4 Å². The number of carbonyl (C=O) groups is 2. The predicted octanol–water partition coefficient (Wildman–Crippen LogP) is 3.80. The Bertz CT molecular complexity index is 943. The molecule has 0 bridgehead atoms. The highest BCUT2D eigenvalue weighted by atomic mass is 16.2. The average Bonchev–Trinajstić information content (AvgIpc) is 3.27. The molecule has 0 atom stereocenters. The van der Waals surface area contributed by atoms with Crippen LogP contribution in [0.3, 0.4) is 0 Å². The smallest absolute Gasteiger partial charge is 0.227 e. The van der Waals surface area contributed by atoms with Gasteiger partial charge in [0.1, 0.15) is 0 Å². The molecular formula is C21H21N3O2. The summed E-state index contributed by atoms with van der Waals surface area (Å²) >= 11 is 0. The highest BCUT2D eigenvalue weighted by Crippen LogP contribution is 2.23. The van der Waals surface area contributed by atoms with E-state index < -0.39 is 0 Å². The summed E-state index contributed by atoms with van der Waals surface area (Å²) in [5.74, 6) is 0.147. The summed E-state index contributed by atoms with van der Waals surface area (Å²) in [5, 5.41) is 4.11. The second-order valence-corrected chi connectivity index (χ2v) is 6.56.